The molecule has 0 radical (unpaired) electrons. The molecule has 0 aliphatic heterocycles. The summed E-state index contributed by atoms with van der Waals surface area (Å²) in [5.41, 5.74) is 0. The van der Waals surface area contributed by atoms with Crippen LogP contribution in [0.4, 0.5) is 0 Å². The standard InChI is InChI=1S/C8H12O/c1-9-8-5-3-2-4-6(5)7(4)8/h4-8H,2-3H2,1H3/t4?,5?,6?,7?,8-/m1/s1. The summed E-state index contributed by atoms with van der Waals surface area (Å²) in [4.78, 5) is 0. The first-order chi connectivity index (χ1) is 4.43. The van der Waals surface area contributed by atoms with E-state index in [1.54, 1.807) is 0 Å². The smallest absolute Gasteiger partial charge is 0.0636 e. The quantitative estimate of drug-likeness (QED) is 0.511. The molecule has 3 fully saturated rings. The molecule has 0 aromatic carbocycles. The highest BCUT2D eigenvalue weighted by atomic mass is 16.5. The van der Waals surface area contributed by atoms with Gasteiger partial charge >= 0.3 is 0 Å². The molecular formula is C8H12O. The summed E-state index contributed by atoms with van der Waals surface area (Å²) in [5, 5.41) is 0. The summed E-state index contributed by atoms with van der Waals surface area (Å²) in [6.45, 7) is 0. The van der Waals surface area contributed by atoms with E-state index in [-0.39, 0.29) is 0 Å². The summed E-state index contributed by atoms with van der Waals surface area (Å²) in [6, 6.07) is 0. The summed E-state index contributed by atoms with van der Waals surface area (Å²) in [5.74, 6) is 4.26. The van der Waals surface area contributed by atoms with Crippen molar-refractivity contribution in [3.05, 3.63) is 0 Å². The highest BCUT2D eigenvalue weighted by Gasteiger charge is 2.72. The highest BCUT2D eigenvalue weighted by molar-refractivity contribution is 5.20. The monoisotopic (exact) mass is 124 g/mol. The van der Waals surface area contributed by atoms with Crippen LogP contribution in [-0.4, -0.2) is 13.2 Å². The second kappa shape index (κ2) is 1.20. The second-order valence-electron chi connectivity index (χ2n) is 3.76. The first kappa shape index (κ1) is 4.73. The lowest BCUT2D eigenvalue weighted by atomic mass is 9.79. The van der Waals surface area contributed by atoms with Crippen molar-refractivity contribution in [2.75, 3.05) is 7.11 Å². The summed E-state index contributed by atoms with van der Waals surface area (Å²) < 4.78 is 5.37. The minimum absolute atomic E-state index is 0.689. The Labute approximate surface area is 55.4 Å². The number of ether oxygens (including phenoxy) is 1. The van der Waals surface area contributed by atoms with Crippen LogP contribution in [0.1, 0.15) is 12.8 Å². The number of rotatable bonds is 1. The minimum atomic E-state index is 0.689. The van der Waals surface area contributed by atoms with Gasteiger partial charge in [0.15, 0.2) is 0 Å². The maximum absolute atomic E-state index is 5.37. The van der Waals surface area contributed by atoms with Gasteiger partial charge in [0, 0.05) is 7.11 Å². The summed E-state index contributed by atoms with van der Waals surface area (Å²) >= 11 is 0. The Balaban J connectivity index is 1.86. The van der Waals surface area contributed by atoms with E-state index < -0.39 is 0 Å². The zero-order valence-corrected chi connectivity index (χ0v) is 5.71. The van der Waals surface area contributed by atoms with Crippen LogP contribution in [-0.2, 0) is 4.74 Å². The van der Waals surface area contributed by atoms with E-state index in [2.05, 4.69) is 0 Å². The third kappa shape index (κ3) is 0.337. The van der Waals surface area contributed by atoms with Crippen LogP contribution >= 0.6 is 0 Å². The van der Waals surface area contributed by atoms with Crippen LogP contribution < -0.4 is 0 Å². The molecule has 0 saturated heterocycles. The van der Waals surface area contributed by atoms with E-state index >= 15 is 0 Å². The Kier molecular flexibility index (Phi) is 0.628. The van der Waals surface area contributed by atoms with Gasteiger partial charge < -0.3 is 4.74 Å². The van der Waals surface area contributed by atoms with Crippen LogP contribution in [0.5, 0.6) is 0 Å². The van der Waals surface area contributed by atoms with E-state index in [1.807, 2.05) is 7.11 Å². The summed E-state index contributed by atoms with van der Waals surface area (Å²) in [7, 11) is 1.87. The lowest BCUT2D eigenvalue weighted by Crippen LogP contribution is -2.37. The van der Waals surface area contributed by atoms with Crippen molar-refractivity contribution in [2.24, 2.45) is 23.7 Å². The van der Waals surface area contributed by atoms with Crippen LogP contribution in [0.3, 0.4) is 0 Å². The number of hydrogen-bond acceptors (Lipinski definition) is 1. The van der Waals surface area contributed by atoms with Crippen molar-refractivity contribution in [3.63, 3.8) is 0 Å². The molecule has 3 saturated carbocycles. The maximum atomic E-state index is 5.37. The van der Waals surface area contributed by atoms with E-state index in [4.69, 9.17) is 4.74 Å². The molecule has 4 unspecified atom stereocenters. The lowest BCUT2D eigenvalue weighted by Gasteiger charge is -2.34. The van der Waals surface area contributed by atoms with Crippen molar-refractivity contribution in [1.82, 2.24) is 0 Å². The predicted octanol–water partition coefficient (Wildman–Crippen LogP) is 1.29. The third-order valence-electron chi connectivity index (χ3n) is 3.69. The molecule has 1 nitrogen and oxygen atoms in total. The zero-order chi connectivity index (χ0) is 6.01. The molecule has 0 aromatic rings. The van der Waals surface area contributed by atoms with Gasteiger partial charge in [-0.1, -0.05) is 0 Å². The molecule has 0 amide bonds. The van der Waals surface area contributed by atoms with Gasteiger partial charge in [-0.2, -0.15) is 0 Å². The fourth-order valence-electron chi connectivity index (χ4n) is 3.31. The minimum Gasteiger partial charge on any atom is -0.381 e. The fourth-order valence-corrected chi connectivity index (χ4v) is 3.31. The normalized spacial score (nSPS) is 67.0. The number of methoxy groups -OCH3 is 1. The van der Waals surface area contributed by atoms with Gasteiger partial charge in [-0.15, -0.1) is 0 Å². The Morgan fingerprint density at radius 2 is 1.89 bits per heavy atom. The van der Waals surface area contributed by atoms with Gasteiger partial charge in [0.25, 0.3) is 0 Å². The van der Waals surface area contributed by atoms with Crippen LogP contribution in [0.25, 0.3) is 0 Å². The van der Waals surface area contributed by atoms with Crippen molar-refractivity contribution < 1.29 is 4.74 Å². The molecule has 0 N–H and O–H groups in total. The molecule has 5 atom stereocenters. The van der Waals surface area contributed by atoms with Gasteiger partial charge in [-0.05, 0) is 36.5 Å². The first-order valence-electron chi connectivity index (χ1n) is 3.96. The third-order valence-corrected chi connectivity index (χ3v) is 3.69. The summed E-state index contributed by atoms with van der Waals surface area (Å²) in [6.07, 6.45) is 3.67. The van der Waals surface area contributed by atoms with E-state index in [9.17, 15) is 0 Å². The van der Waals surface area contributed by atoms with E-state index in [0.717, 1.165) is 23.7 Å². The van der Waals surface area contributed by atoms with Gasteiger partial charge in [0.1, 0.15) is 0 Å². The van der Waals surface area contributed by atoms with Crippen molar-refractivity contribution >= 4 is 0 Å². The first-order valence-corrected chi connectivity index (χ1v) is 3.96. The average molecular weight is 124 g/mol. The molecule has 0 heterocycles. The highest BCUT2D eigenvalue weighted by Crippen LogP contribution is 2.73. The van der Waals surface area contributed by atoms with Crippen molar-refractivity contribution in [3.8, 4) is 0 Å². The van der Waals surface area contributed by atoms with Crippen LogP contribution in [0, 0.1) is 23.7 Å². The zero-order valence-electron chi connectivity index (χ0n) is 5.71. The maximum Gasteiger partial charge on any atom is 0.0636 e. The van der Waals surface area contributed by atoms with E-state index in [0.29, 0.717) is 6.10 Å². The molecule has 0 bridgehead atoms. The lowest BCUT2D eigenvalue weighted by molar-refractivity contribution is -0.0352. The second-order valence-corrected chi connectivity index (χ2v) is 3.76. The van der Waals surface area contributed by atoms with Gasteiger partial charge in [0.2, 0.25) is 0 Å². The number of fused-ring (bicyclic) bond motifs is 1. The molecule has 3 aliphatic rings. The molecule has 1 heteroatoms. The Morgan fingerprint density at radius 3 is 2.22 bits per heavy atom. The number of hydrogen-bond donors (Lipinski definition) is 0. The van der Waals surface area contributed by atoms with Crippen LogP contribution in [0.2, 0.25) is 0 Å². The topological polar surface area (TPSA) is 9.23 Å². The molecule has 9 heavy (non-hydrogen) atoms. The van der Waals surface area contributed by atoms with E-state index in [1.165, 1.54) is 12.8 Å². The molecular weight excluding hydrogens is 112 g/mol. The SMILES string of the molecule is CO[C@@H]1C2CCC3C2C31. The predicted molar refractivity (Wildman–Crippen MR) is 34.0 cm³/mol. The fraction of sp³-hybridized carbons (Fsp3) is 1.00. The Hall–Kier alpha value is -0.0400. The largest absolute Gasteiger partial charge is 0.381 e. The molecule has 0 spiro atoms. The molecule has 50 valence electrons. The molecule has 3 rings (SSSR count). The van der Waals surface area contributed by atoms with Crippen LogP contribution in [0.15, 0.2) is 0 Å². The average Bonchev–Trinajstić information content (AvgIpc) is 2.31. The van der Waals surface area contributed by atoms with Crippen molar-refractivity contribution in [2.45, 2.75) is 18.9 Å². The Morgan fingerprint density at radius 1 is 1.11 bits per heavy atom. The Bertz CT molecular complexity index is 151. The van der Waals surface area contributed by atoms with Gasteiger partial charge in [-0.25, -0.2) is 0 Å². The molecule has 0 aromatic heterocycles. The molecule has 3 aliphatic carbocycles. The van der Waals surface area contributed by atoms with Crippen molar-refractivity contribution in [1.29, 1.82) is 0 Å². The van der Waals surface area contributed by atoms with Gasteiger partial charge in [0.05, 0.1) is 6.10 Å². The van der Waals surface area contributed by atoms with Gasteiger partial charge in [-0.3, -0.25) is 0 Å².